The number of esters is 1. The lowest BCUT2D eigenvalue weighted by molar-refractivity contribution is 0.0467. The molecule has 1 amide bonds. The van der Waals surface area contributed by atoms with E-state index in [9.17, 15) is 9.59 Å². The molecule has 0 unspecified atom stereocenters. The third kappa shape index (κ3) is 4.84. The number of ether oxygens (including phenoxy) is 1. The largest absolute Gasteiger partial charge is 0.455 e. The summed E-state index contributed by atoms with van der Waals surface area (Å²) in [6.07, 6.45) is 1.55. The first-order chi connectivity index (χ1) is 15.1. The molecule has 0 aliphatic heterocycles. The van der Waals surface area contributed by atoms with Crippen molar-refractivity contribution in [1.82, 2.24) is 9.97 Å². The number of carbonyl (C=O) groups excluding carboxylic acids is 2. The third-order valence-corrected chi connectivity index (χ3v) is 4.53. The van der Waals surface area contributed by atoms with Gasteiger partial charge < -0.3 is 14.5 Å². The standard InChI is InChI=1S/C24H19N3O4/c1-16-21(27-23(31-16)17-7-3-2-4-8-17)15-30-24(29)18-10-12-19(13-11-18)26-22(28)20-9-5-6-14-25-20/h2-14H,15H2,1H3,(H,26,28). The van der Waals surface area contributed by atoms with E-state index in [1.807, 2.05) is 30.3 Å². The quantitative estimate of drug-likeness (QED) is 0.462. The third-order valence-electron chi connectivity index (χ3n) is 4.53. The van der Waals surface area contributed by atoms with Crippen LogP contribution in [-0.4, -0.2) is 21.8 Å². The summed E-state index contributed by atoms with van der Waals surface area (Å²) in [6, 6.07) is 21.0. The Hall–Kier alpha value is -4.26. The summed E-state index contributed by atoms with van der Waals surface area (Å²) < 4.78 is 11.1. The zero-order valence-electron chi connectivity index (χ0n) is 16.7. The normalized spacial score (nSPS) is 10.5. The number of nitrogens with one attached hydrogen (secondary N) is 1. The van der Waals surface area contributed by atoms with E-state index >= 15 is 0 Å². The molecule has 0 fully saturated rings. The predicted molar refractivity (Wildman–Crippen MR) is 114 cm³/mol. The van der Waals surface area contributed by atoms with Crippen molar-refractivity contribution in [1.29, 1.82) is 0 Å². The van der Waals surface area contributed by atoms with Gasteiger partial charge >= 0.3 is 5.97 Å². The summed E-state index contributed by atoms with van der Waals surface area (Å²) in [5, 5.41) is 2.73. The molecule has 0 saturated carbocycles. The van der Waals surface area contributed by atoms with Gasteiger partial charge in [0.1, 0.15) is 23.8 Å². The van der Waals surface area contributed by atoms with Gasteiger partial charge in [0.25, 0.3) is 5.91 Å². The number of oxazole rings is 1. The summed E-state index contributed by atoms with van der Waals surface area (Å²) in [7, 11) is 0. The van der Waals surface area contributed by atoms with E-state index < -0.39 is 5.97 Å². The monoisotopic (exact) mass is 413 g/mol. The number of aromatic nitrogens is 2. The van der Waals surface area contributed by atoms with Crippen LogP contribution in [0, 0.1) is 6.92 Å². The van der Waals surface area contributed by atoms with Gasteiger partial charge in [-0.15, -0.1) is 0 Å². The fourth-order valence-electron chi connectivity index (χ4n) is 2.87. The maximum atomic E-state index is 12.4. The van der Waals surface area contributed by atoms with Gasteiger partial charge in [-0.3, -0.25) is 9.78 Å². The van der Waals surface area contributed by atoms with Gasteiger partial charge in [0, 0.05) is 17.4 Å². The van der Waals surface area contributed by atoms with Crippen molar-refractivity contribution in [2.45, 2.75) is 13.5 Å². The predicted octanol–water partition coefficient (Wildman–Crippen LogP) is 4.65. The van der Waals surface area contributed by atoms with Crippen molar-refractivity contribution in [3.63, 3.8) is 0 Å². The molecule has 1 N–H and O–H groups in total. The second-order valence-corrected chi connectivity index (χ2v) is 6.71. The number of hydrogen-bond donors (Lipinski definition) is 1. The molecular formula is C24H19N3O4. The van der Waals surface area contributed by atoms with Crippen LogP contribution in [0.4, 0.5) is 5.69 Å². The van der Waals surface area contributed by atoms with Gasteiger partial charge in [-0.1, -0.05) is 24.3 Å². The molecule has 4 aromatic rings. The summed E-state index contributed by atoms with van der Waals surface area (Å²) >= 11 is 0. The van der Waals surface area contributed by atoms with Gasteiger partial charge in [0.05, 0.1) is 5.56 Å². The van der Waals surface area contributed by atoms with E-state index in [2.05, 4.69) is 15.3 Å². The average Bonchev–Trinajstić information content (AvgIpc) is 3.19. The Kier molecular flexibility index (Phi) is 5.84. The van der Waals surface area contributed by atoms with E-state index in [-0.39, 0.29) is 12.5 Å². The van der Waals surface area contributed by atoms with Crippen LogP contribution < -0.4 is 5.32 Å². The first-order valence-electron chi connectivity index (χ1n) is 9.61. The van der Waals surface area contributed by atoms with Crippen LogP contribution in [0.2, 0.25) is 0 Å². The molecule has 7 nitrogen and oxygen atoms in total. The minimum absolute atomic E-state index is 0.000829. The van der Waals surface area contributed by atoms with Crippen molar-refractivity contribution >= 4 is 17.6 Å². The zero-order chi connectivity index (χ0) is 21.6. The molecule has 2 aromatic heterocycles. The summed E-state index contributed by atoms with van der Waals surface area (Å²) in [6.45, 7) is 1.78. The minimum atomic E-state index is -0.494. The maximum Gasteiger partial charge on any atom is 0.338 e. The molecular weight excluding hydrogens is 394 g/mol. The number of amides is 1. The number of benzene rings is 2. The van der Waals surface area contributed by atoms with Gasteiger partial charge in [0.2, 0.25) is 5.89 Å². The molecule has 0 aliphatic rings. The number of rotatable bonds is 6. The van der Waals surface area contributed by atoms with Crippen LogP contribution in [0.5, 0.6) is 0 Å². The molecule has 2 heterocycles. The number of carbonyl (C=O) groups is 2. The van der Waals surface area contributed by atoms with E-state index in [1.165, 1.54) is 0 Å². The Morgan fingerprint density at radius 1 is 0.968 bits per heavy atom. The lowest BCUT2D eigenvalue weighted by atomic mass is 10.2. The highest BCUT2D eigenvalue weighted by molar-refractivity contribution is 6.03. The Morgan fingerprint density at radius 3 is 2.42 bits per heavy atom. The summed E-state index contributed by atoms with van der Waals surface area (Å²) in [4.78, 5) is 33.0. The Bertz CT molecular complexity index is 1190. The van der Waals surface area contributed by atoms with Crippen molar-refractivity contribution in [3.8, 4) is 11.5 Å². The van der Waals surface area contributed by atoms with Crippen molar-refractivity contribution in [3.05, 3.63) is 102 Å². The molecule has 0 spiro atoms. The Balaban J connectivity index is 1.36. The highest BCUT2D eigenvalue weighted by Crippen LogP contribution is 2.22. The lowest BCUT2D eigenvalue weighted by Crippen LogP contribution is -2.13. The minimum Gasteiger partial charge on any atom is -0.455 e. The SMILES string of the molecule is Cc1oc(-c2ccccc2)nc1COC(=O)c1ccc(NC(=O)c2ccccn2)cc1. The summed E-state index contributed by atoms with van der Waals surface area (Å²) in [5.74, 6) is 0.259. The fraction of sp³-hybridized carbons (Fsp3) is 0.0833. The molecule has 0 radical (unpaired) electrons. The zero-order valence-corrected chi connectivity index (χ0v) is 16.7. The first kappa shape index (κ1) is 20.0. The van der Waals surface area contributed by atoms with E-state index in [1.54, 1.807) is 55.6 Å². The fourth-order valence-corrected chi connectivity index (χ4v) is 2.87. The van der Waals surface area contributed by atoms with Crippen LogP contribution in [0.25, 0.3) is 11.5 Å². The van der Waals surface area contributed by atoms with Crippen molar-refractivity contribution < 1.29 is 18.7 Å². The molecule has 31 heavy (non-hydrogen) atoms. The smallest absolute Gasteiger partial charge is 0.338 e. The lowest BCUT2D eigenvalue weighted by Gasteiger charge is -2.06. The van der Waals surface area contributed by atoms with Crippen LogP contribution >= 0.6 is 0 Å². The first-order valence-corrected chi connectivity index (χ1v) is 9.61. The molecule has 7 heteroatoms. The highest BCUT2D eigenvalue weighted by atomic mass is 16.5. The van der Waals surface area contributed by atoms with Gasteiger partial charge in [0.15, 0.2) is 0 Å². The topological polar surface area (TPSA) is 94.3 Å². The number of pyridine rings is 1. The van der Waals surface area contributed by atoms with E-state index in [0.29, 0.717) is 34.3 Å². The van der Waals surface area contributed by atoms with E-state index in [0.717, 1.165) is 5.56 Å². The van der Waals surface area contributed by atoms with Crippen LogP contribution in [0.3, 0.4) is 0 Å². The number of anilines is 1. The van der Waals surface area contributed by atoms with Crippen LogP contribution in [-0.2, 0) is 11.3 Å². The van der Waals surface area contributed by atoms with Gasteiger partial charge in [-0.05, 0) is 55.5 Å². The molecule has 4 rings (SSSR count). The van der Waals surface area contributed by atoms with Crippen molar-refractivity contribution in [2.75, 3.05) is 5.32 Å². The Morgan fingerprint density at radius 2 is 1.71 bits per heavy atom. The molecule has 154 valence electrons. The maximum absolute atomic E-state index is 12.4. The Labute approximate surface area is 178 Å². The number of hydrogen-bond acceptors (Lipinski definition) is 6. The van der Waals surface area contributed by atoms with Gasteiger partial charge in [-0.2, -0.15) is 0 Å². The average molecular weight is 413 g/mol. The second kappa shape index (κ2) is 9.04. The molecule has 0 atom stereocenters. The molecule has 0 bridgehead atoms. The van der Waals surface area contributed by atoms with Crippen LogP contribution in [0.1, 0.15) is 32.3 Å². The van der Waals surface area contributed by atoms with Crippen molar-refractivity contribution in [2.24, 2.45) is 0 Å². The summed E-state index contributed by atoms with van der Waals surface area (Å²) in [5.41, 5.74) is 2.63. The molecule has 0 saturated heterocycles. The highest BCUT2D eigenvalue weighted by Gasteiger charge is 2.15. The molecule has 2 aromatic carbocycles. The second-order valence-electron chi connectivity index (χ2n) is 6.71. The van der Waals surface area contributed by atoms with Crippen LogP contribution in [0.15, 0.2) is 83.4 Å². The van der Waals surface area contributed by atoms with E-state index in [4.69, 9.17) is 9.15 Å². The van der Waals surface area contributed by atoms with Gasteiger partial charge in [-0.25, -0.2) is 9.78 Å². The number of aryl methyl sites for hydroxylation is 1. The number of nitrogens with zero attached hydrogens (tertiary/aromatic N) is 2. The molecule has 0 aliphatic carbocycles.